The predicted molar refractivity (Wildman–Crippen MR) is 99.5 cm³/mol. The van der Waals surface area contributed by atoms with E-state index in [-0.39, 0.29) is 16.6 Å². The molecule has 0 aliphatic rings. The van der Waals surface area contributed by atoms with Gasteiger partial charge in [-0.05, 0) is 31.0 Å². The highest BCUT2D eigenvalue weighted by atomic mass is 32.2. The zero-order chi connectivity index (χ0) is 19.2. The van der Waals surface area contributed by atoms with Gasteiger partial charge in [-0.2, -0.15) is 0 Å². The van der Waals surface area contributed by atoms with E-state index in [1.807, 2.05) is 6.92 Å². The number of amides is 1. The van der Waals surface area contributed by atoms with E-state index >= 15 is 0 Å². The lowest BCUT2D eigenvalue weighted by atomic mass is 10.0. The Morgan fingerprint density at radius 2 is 1.76 bits per heavy atom. The van der Waals surface area contributed by atoms with Gasteiger partial charge in [0, 0.05) is 32.7 Å². The van der Waals surface area contributed by atoms with Crippen LogP contribution in [0.4, 0.5) is 0 Å². The van der Waals surface area contributed by atoms with Crippen LogP contribution in [0.15, 0.2) is 23.1 Å². The number of rotatable bonds is 9. The number of nitrogens with zero attached hydrogens (tertiary/aromatic N) is 2. The fourth-order valence-electron chi connectivity index (χ4n) is 2.60. The first-order valence-corrected chi connectivity index (χ1v) is 10.1. The molecule has 0 atom stereocenters. The molecule has 0 spiro atoms. The Balaban J connectivity index is 3.27. The zero-order valence-electron chi connectivity index (χ0n) is 16.1. The van der Waals surface area contributed by atoms with Crippen molar-refractivity contribution in [1.82, 2.24) is 9.21 Å². The molecule has 0 fully saturated rings. The standard InChI is InChI=1S/C18H30N2O4S/c1-7-14(8-2)13-20(9-3)18(21)15-10-11-16(24-6)17(12-15)25(22,23)19(4)5/h10-12,14H,7-9,13H2,1-6H3. The van der Waals surface area contributed by atoms with Crippen LogP contribution < -0.4 is 4.74 Å². The van der Waals surface area contributed by atoms with Crippen LogP contribution >= 0.6 is 0 Å². The van der Waals surface area contributed by atoms with Crippen LogP contribution in [0.3, 0.4) is 0 Å². The third-order valence-electron chi connectivity index (χ3n) is 4.47. The van der Waals surface area contributed by atoms with Crippen molar-refractivity contribution < 1.29 is 17.9 Å². The second-order valence-electron chi connectivity index (χ2n) is 6.18. The Bertz CT molecular complexity index is 682. The number of carbonyl (C=O) groups excluding carboxylic acids is 1. The van der Waals surface area contributed by atoms with E-state index in [0.29, 0.717) is 24.6 Å². The SMILES string of the molecule is CCC(CC)CN(CC)C(=O)c1ccc(OC)c(S(=O)(=O)N(C)C)c1. The molecule has 0 aromatic heterocycles. The third-order valence-corrected chi connectivity index (χ3v) is 6.31. The highest BCUT2D eigenvalue weighted by Crippen LogP contribution is 2.27. The molecule has 1 aromatic rings. The summed E-state index contributed by atoms with van der Waals surface area (Å²) < 4.78 is 31.3. The van der Waals surface area contributed by atoms with Crippen LogP contribution in [-0.4, -0.2) is 57.8 Å². The molecular formula is C18H30N2O4S. The number of carbonyl (C=O) groups is 1. The van der Waals surface area contributed by atoms with Crippen molar-refractivity contribution in [2.24, 2.45) is 5.92 Å². The number of hydrogen-bond donors (Lipinski definition) is 0. The van der Waals surface area contributed by atoms with E-state index in [2.05, 4.69) is 13.8 Å². The van der Waals surface area contributed by atoms with E-state index in [0.717, 1.165) is 17.1 Å². The molecule has 0 radical (unpaired) electrons. The van der Waals surface area contributed by atoms with Gasteiger partial charge in [0.2, 0.25) is 10.0 Å². The van der Waals surface area contributed by atoms with E-state index < -0.39 is 10.0 Å². The fourth-order valence-corrected chi connectivity index (χ4v) is 3.68. The number of benzene rings is 1. The lowest BCUT2D eigenvalue weighted by Gasteiger charge is -2.26. The number of methoxy groups -OCH3 is 1. The lowest BCUT2D eigenvalue weighted by Crippen LogP contribution is -2.35. The molecule has 1 amide bonds. The third kappa shape index (κ3) is 4.95. The second kappa shape index (κ2) is 9.20. The van der Waals surface area contributed by atoms with Crippen LogP contribution in [0, 0.1) is 5.92 Å². The van der Waals surface area contributed by atoms with Gasteiger partial charge in [0.15, 0.2) is 0 Å². The Labute approximate surface area is 151 Å². The normalized spacial score (nSPS) is 11.8. The van der Waals surface area contributed by atoms with Gasteiger partial charge < -0.3 is 9.64 Å². The Hall–Kier alpha value is -1.60. The summed E-state index contributed by atoms with van der Waals surface area (Å²) in [5.41, 5.74) is 0.356. The summed E-state index contributed by atoms with van der Waals surface area (Å²) in [6.07, 6.45) is 2.01. The molecule has 6 nitrogen and oxygen atoms in total. The maximum atomic E-state index is 12.9. The predicted octanol–water partition coefficient (Wildman–Crippen LogP) is 2.84. The fraction of sp³-hybridized carbons (Fsp3) is 0.611. The summed E-state index contributed by atoms with van der Waals surface area (Å²) in [6, 6.07) is 4.56. The Morgan fingerprint density at radius 1 is 1.16 bits per heavy atom. The van der Waals surface area contributed by atoms with Crippen LogP contribution in [0.1, 0.15) is 44.0 Å². The van der Waals surface area contributed by atoms with Crippen molar-refractivity contribution in [3.63, 3.8) is 0 Å². The summed E-state index contributed by atoms with van der Waals surface area (Å²) in [5.74, 6) is 0.507. The molecule has 0 aliphatic heterocycles. The lowest BCUT2D eigenvalue weighted by molar-refractivity contribution is 0.0734. The summed E-state index contributed by atoms with van der Waals surface area (Å²) in [4.78, 5) is 14.6. The highest BCUT2D eigenvalue weighted by molar-refractivity contribution is 7.89. The Kier molecular flexibility index (Phi) is 7.89. The molecule has 0 heterocycles. The minimum atomic E-state index is -3.70. The van der Waals surface area contributed by atoms with E-state index in [9.17, 15) is 13.2 Å². The van der Waals surface area contributed by atoms with Crippen LogP contribution in [0.2, 0.25) is 0 Å². The van der Waals surface area contributed by atoms with Crippen molar-refractivity contribution in [2.45, 2.75) is 38.5 Å². The molecule has 0 saturated heterocycles. The molecule has 1 rings (SSSR count). The summed E-state index contributed by atoms with van der Waals surface area (Å²) in [6.45, 7) is 7.41. The van der Waals surface area contributed by atoms with Crippen LogP contribution in [-0.2, 0) is 10.0 Å². The van der Waals surface area contributed by atoms with Gasteiger partial charge in [-0.25, -0.2) is 12.7 Å². The van der Waals surface area contributed by atoms with Crippen molar-refractivity contribution in [1.29, 1.82) is 0 Å². The van der Waals surface area contributed by atoms with Gasteiger partial charge in [-0.15, -0.1) is 0 Å². The first-order chi connectivity index (χ1) is 11.7. The van der Waals surface area contributed by atoms with E-state index in [1.165, 1.54) is 33.3 Å². The maximum absolute atomic E-state index is 12.9. The van der Waals surface area contributed by atoms with Gasteiger partial charge in [-0.1, -0.05) is 26.7 Å². The molecule has 1 aromatic carbocycles. The van der Waals surface area contributed by atoms with Gasteiger partial charge in [0.05, 0.1) is 7.11 Å². The molecule has 0 aliphatic carbocycles. The van der Waals surface area contributed by atoms with Crippen molar-refractivity contribution in [3.8, 4) is 5.75 Å². The van der Waals surface area contributed by atoms with Crippen LogP contribution in [0.5, 0.6) is 5.75 Å². The molecule has 25 heavy (non-hydrogen) atoms. The first-order valence-electron chi connectivity index (χ1n) is 8.62. The van der Waals surface area contributed by atoms with Crippen LogP contribution in [0.25, 0.3) is 0 Å². The largest absolute Gasteiger partial charge is 0.495 e. The topological polar surface area (TPSA) is 66.9 Å². The van der Waals surface area contributed by atoms with Gasteiger partial charge in [0.25, 0.3) is 5.91 Å². The summed E-state index contributed by atoms with van der Waals surface area (Å²) in [5, 5.41) is 0. The van der Waals surface area contributed by atoms with E-state index in [4.69, 9.17) is 4.74 Å². The second-order valence-corrected chi connectivity index (χ2v) is 8.30. The molecule has 0 unspecified atom stereocenters. The molecule has 0 N–H and O–H groups in total. The quantitative estimate of drug-likeness (QED) is 0.670. The van der Waals surface area contributed by atoms with Gasteiger partial charge in [-0.3, -0.25) is 4.79 Å². The molecule has 0 bridgehead atoms. The molecule has 7 heteroatoms. The van der Waals surface area contributed by atoms with E-state index in [1.54, 1.807) is 11.0 Å². The average Bonchev–Trinajstić information content (AvgIpc) is 2.61. The highest BCUT2D eigenvalue weighted by Gasteiger charge is 2.25. The minimum absolute atomic E-state index is 0.00411. The summed E-state index contributed by atoms with van der Waals surface area (Å²) >= 11 is 0. The number of sulfonamides is 1. The number of ether oxygens (including phenoxy) is 1. The molecule has 0 saturated carbocycles. The Morgan fingerprint density at radius 3 is 2.20 bits per heavy atom. The summed E-state index contributed by atoms with van der Waals surface area (Å²) in [7, 11) is 0.617. The minimum Gasteiger partial charge on any atom is -0.495 e. The molecule has 142 valence electrons. The van der Waals surface area contributed by atoms with Crippen molar-refractivity contribution in [2.75, 3.05) is 34.3 Å². The average molecular weight is 371 g/mol. The number of hydrogen-bond acceptors (Lipinski definition) is 4. The van der Waals surface area contributed by atoms with Crippen molar-refractivity contribution in [3.05, 3.63) is 23.8 Å². The first kappa shape index (κ1) is 21.4. The van der Waals surface area contributed by atoms with Gasteiger partial charge in [0.1, 0.15) is 10.6 Å². The smallest absolute Gasteiger partial charge is 0.253 e. The van der Waals surface area contributed by atoms with Crippen molar-refractivity contribution >= 4 is 15.9 Å². The molecular weight excluding hydrogens is 340 g/mol. The van der Waals surface area contributed by atoms with Gasteiger partial charge >= 0.3 is 0 Å². The maximum Gasteiger partial charge on any atom is 0.253 e. The zero-order valence-corrected chi connectivity index (χ0v) is 16.9. The monoisotopic (exact) mass is 370 g/mol.